The molecule has 4 heteroatoms. The number of hydrogen-bond donors (Lipinski definition) is 1. The lowest BCUT2D eigenvalue weighted by molar-refractivity contribution is -0.132. The van der Waals surface area contributed by atoms with Gasteiger partial charge in [-0.05, 0) is 50.3 Å². The van der Waals surface area contributed by atoms with E-state index < -0.39 is 0 Å². The average molecular weight is 276 g/mol. The van der Waals surface area contributed by atoms with Crippen molar-refractivity contribution in [3.8, 4) is 5.75 Å². The summed E-state index contributed by atoms with van der Waals surface area (Å²) in [5.41, 5.74) is 9.01. The van der Waals surface area contributed by atoms with Crippen molar-refractivity contribution in [3.63, 3.8) is 0 Å². The van der Waals surface area contributed by atoms with Crippen molar-refractivity contribution in [3.05, 3.63) is 28.8 Å². The lowest BCUT2D eigenvalue weighted by Gasteiger charge is -2.33. The minimum atomic E-state index is 0.0102. The minimum absolute atomic E-state index is 0.0102. The van der Waals surface area contributed by atoms with Gasteiger partial charge in [0.05, 0.1) is 13.1 Å². The maximum Gasteiger partial charge on any atom is 0.236 e. The number of hydrogen-bond acceptors (Lipinski definition) is 3. The molecule has 1 heterocycles. The van der Waals surface area contributed by atoms with E-state index in [-0.39, 0.29) is 18.6 Å². The summed E-state index contributed by atoms with van der Waals surface area (Å²) in [6.45, 7) is 7.75. The van der Waals surface area contributed by atoms with Crippen LogP contribution in [0.4, 0.5) is 0 Å². The zero-order valence-electron chi connectivity index (χ0n) is 12.6. The Morgan fingerprint density at radius 2 is 2.05 bits per heavy atom. The minimum Gasteiger partial charge on any atom is -0.488 e. The Balaban J connectivity index is 2.10. The predicted molar refractivity (Wildman–Crippen MR) is 79.9 cm³/mol. The molecule has 1 aromatic carbocycles. The van der Waals surface area contributed by atoms with E-state index in [0.29, 0.717) is 6.54 Å². The van der Waals surface area contributed by atoms with Crippen molar-refractivity contribution in [1.82, 2.24) is 4.90 Å². The third kappa shape index (κ3) is 3.12. The molecule has 1 unspecified atom stereocenters. The Morgan fingerprint density at radius 3 is 2.75 bits per heavy atom. The summed E-state index contributed by atoms with van der Waals surface area (Å²) in [6, 6.07) is 4.20. The second kappa shape index (κ2) is 6.27. The smallest absolute Gasteiger partial charge is 0.236 e. The maximum absolute atomic E-state index is 11.7. The fourth-order valence-corrected chi connectivity index (χ4v) is 2.66. The SMILES string of the molecule is Cc1ccc(C)c(OC2CCCN(C(=O)CN)C2)c1C. The highest BCUT2D eigenvalue weighted by Crippen LogP contribution is 2.28. The first-order valence-electron chi connectivity index (χ1n) is 7.24. The molecule has 0 spiro atoms. The van der Waals surface area contributed by atoms with Crippen LogP contribution in [0.1, 0.15) is 29.5 Å². The molecule has 1 atom stereocenters. The van der Waals surface area contributed by atoms with Crippen LogP contribution in [0, 0.1) is 20.8 Å². The molecule has 1 fully saturated rings. The zero-order valence-corrected chi connectivity index (χ0v) is 12.6. The van der Waals surface area contributed by atoms with Gasteiger partial charge < -0.3 is 15.4 Å². The summed E-state index contributed by atoms with van der Waals surface area (Å²) >= 11 is 0. The van der Waals surface area contributed by atoms with E-state index in [4.69, 9.17) is 10.5 Å². The molecule has 20 heavy (non-hydrogen) atoms. The second-order valence-corrected chi connectivity index (χ2v) is 5.58. The summed E-state index contributed by atoms with van der Waals surface area (Å²) in [4.78, 5) is 13.5. The van der Waals surface area contributed by atoms with Gasteiger partial charge in [-0.2, -0.15) is 0 Å². The number of amides is 1. The first-order valence-corrected chi connectivity index (χ1v) is 7.24. The molecule has 1 aliphatic rings. The van der Waals surface area contributed by atoms with Crippen LogP contribution in [0.3, 0.4) is 0 Å². The number of rotatable bonds is 3. The highest BCUT2D eigenvalue weighted by atomic mass is 16.5. The van der Waals surface area contributed by atoms with Gasteiger partial charge in [0.25, 0.3) is 0 Å². The van der Waals surface area contributed by atoms with Gasteiger partial charge >= 0.3 is 0 Å². The molecule has 2 rings (SSSR count). The van der Waals surface area contributed by atoms with Crippen molar-refractivity contribution < 1.29 is 9.53 Å². The topological polar surface area (TPSA) is 55.6 Å². The van der Waals surface area contributed by atoms with E-state index in [2.05, 4.69) is 32.9 Å². The van der Waals surface area contributed by atoms with Crippen LogP contribution in [0.2, 0.25) is 0 Å². The van der Waals surface area contributed by atoms with E-state index in [1.54, 1.807) is 0 Å². The number of carbonyl (C=O) groups excluding carboxylic acids is 1. The molecule has 1 aromatic rings. The normalized spacial score (nSPS) is 19.0. The van der Waals surface area contributed by atoms with E-state index in [9.17, 15) is 4.79 Å². The Kier molecular flexibility index (Phi) is 4.65. The van der Waals surface area contributed by atoms with Gasteiger partial charge in [-0.1, -0.05) is 12.1 Å². The largest absolute Gasteiger partial charge is 0.488 e. The lowest BCUT2D eigenvalue weighted by Crippen LogP contribution is -2.46. The zero-order chi connectivity index (χ0) is 14.7. The fraction of sp³-hybridized carbons (Fsp3) is 0.562. The summed E-state index contributed by atoms with van der Waals surface area (Å²) in [7, 11) is 0. The van der Waals surface area contributed by atoms with Gasteiger partial charge in [0.15, 0.2) is 0 Å². The number of nitrogens with two attached hydrogens (primary N) is 1. The second-order valence-electron chi connectivity index (χ2n) is 5.58. The molecule has 2 N–H and O–H groups in total. The van der Waals surface area contributed by atoms with Crippen molar-refractivity contribution in [2.24, 2.45) is 5.73 Å². The summed E-state index contributed by atoms with van der Waals surface area (Å²) in [6.07, 6.45) is 2.03. The molecule has 4 nitrogen and oxygen atoms in total. The first-order chi connectivity index (χ1) is 9.52. The molecule has 1 aliphatic heterocycles. The van der Waals surface area contributed by atoms with Crippen molar-refractivity contribution >= 4 is 5.91 Å². The summed E-state index contributed by atoms with van der Waals surface area (Å²) in [5, 5.41) is 0. The standard InChI is InChI=1S/C16H24N2O2/c1-11-6-7-12(2)16(13(11)3)20-14-5-4-8-18(10-14)15(19)9-17/h6-7,14H,4-5,8-10,17H2,1-3H3. The summed E-state index contributed by atoms with van der Waals surface area (Å²) < 4.78 is 6.19. The third-order valence-electron chi connectivity index (χ3n) is 4.06. The molecule has 0 aromatic heterocycles. The van der Waals surface area contributed by atoms with Gasteiger partial charge in [0, 0.05) is 6.54 Å². The van der Waals surface area contributed by atoms with E-state index in [1.165, 1.54) is 11.1 Å². The van der Waals surface area contributed by atoms with Crippen LogP contribution in [0.15, 0.2) is 12.1 Å². The Hall–Kier alpha value is -1.55. The van der Waals surface area contributed by atoms with Crippen molar-refractivity contribution in [2.75, 3.05) is 19.6 Å². The molecule has 0 aliphatic carbocycles. The van der Waals surface area contributed by atoms with Crippen LogP contribution in [0.5, 0.6) is 5.75 Å². The molecule has 1 saturated heterocycles. The van der Waals surface area contributed by atoms with E-state index >= 15 is 0 Å². The number of likely N-dealkylation sites (tertiary alicyclic amines) is 1. The molecular weight excluding hydrogens is 252 g/mol. The number of benzene rings is 1. The highest BCUT2D eigenvalue weighted by Gasteiger charge is 2.25. The molecule has 1 amide bonds. The number of aryl methyl sites for hydroxylation is 2. The van der Waals surface area contributed by atoms with Crippen molar-refractivity contribution in [2.45, 2.75) is 39.7 Å². The Labute approximate surface area is 120 Å². The molecule has 110 valence electrons. The van der Waals surface area contributed by atoms with Crippen molar-refractivity contribution in [1.29, 1.82) is 0 Å². The highest BCUT2D eigenvalue weighted by molar-refractivity contribution is 5.78. The Bertz CT molecular complexity index is 499. The van der Waals surface area contributed by atoms with E-state index in [0.717, 1.165) is 30.7 Å². The quantitative estimate of drug-likeness (QED) is 0.918. The van der Waals surface area contributed by atoms with Crippen LogP contribution < -0.4 is 10.5 Å². The molecule has 0 radical (unpaired) electrons. The molecule has 0 saturated carbocycles. The molecular formula is C16H24N2O2. The predicted octanol–water partition coefficient (Wildman–Crippen LogP) is 1.94. The van der Waals surface area contributed by atoms with Gasteiger partial charge in [-0.15, -0.1) is 0 Å². The van der Waals surface area contributed by atoms with Crippen LogP contribution in [0.25, 0.3) is 0 Å². The third-order valence-corrected chi connectivity index (χ3v) is 4.06. The maximum atomic E-state index is 11.7. The first kappa shape index (κ1) is 14.9. The number of nitrogens with zero attached hydrogens (tertiary/aromatic N) is 1. The van der Waals surface area contributed by atoms with Gasteiger partial charge in [-0.25, -0.2) is 0 Å². The number of ether oxygens (including phenoxy) is 1. The monoisotopic (exact) mass is 276 g/mol. The average Bonchev–Trinajstić information content (AvgIpc) is 2.47. The number of carbonyl (C=O) groups is 1. The van der Waals surface area contributed by atoms with Gasteiger partial charge in [-0.3, -0.25) is 4.79 Å². The number of piperidine rings is 1. The van der Waals surface area contributed by atoms with Crippen LogP contribution in [-0.2, 0) is 4.79 Å². The summed E-state index contributed by atoms with van der Waals surface area (Å²) in [5.74, 6) is 0.980. The fourth-order valence-electron chi connectivity index (χ4n) is 2.66. The molecule has 0 bridgehead atoms. The lowest BCUT2D eigenvalue weighted by atomic mass is 10.0. The van der Waals surface area contributed by atoms with E-state index in [1.807, 2.05) is 4.90 Å². The van der Waals surface area contributed by atoms with Crippen LogP contribution in [-0.4, -0.2) is 36.5 Å². The van der Waals surface area contributed by atoms with Gasteiger partial charge in [0.1, 0.15) is 11.9 Å². The van der Waals surface area contributed by atoms with Gasteiger partial charge in [0.2, 0.25) is 5.91 Å². The Morgan fingerprint density at radius 1 is 1.35 bits per heavy atom. The van der Waals surface area contributed by atoms with Crippen LogP contribution >= 0.6 is 0 Å².